The van der Waals surface area contributed by atoms with E-state index in [0.29, 0.717) is 17.8 Å². The van der Waals surface area contributed by atoms with E-state index in [1.165, 1.54) is 4.90 Å². The maximum atomic E-state index is 11.4. The second kappa shape index (κ2) is 3.70. The number of hydrogen-bond donors (Lipinski definition) is 3. The lowest BCUT2D eigenvalue weighted by atomic mass is 10.2. The van der Waals surface area contributed by atoms with Gasteiger partial charge in [-0.25, -0.2) is 4.79 Å². The van der Waals surface area contributed by atoms with Crippen molar-refractivity contribution in [1.82, 2.24) is 25.6 Å². The number of carbonyl (C=O) groups is 1. The van der Waals surface area contributed by atoms with Crippen LogP contribution >= 0.6 is 0 Å². The average Bonchev–Trinajstić information content (AvgIpc) is 2.67. The maximum Gasteiger partial charge on any atom is 0.324 e. The van der Waals surface area contributed by atoms with Gasteiger partial charge in [-0.15, -0.1) is 0 Å². The van der Waals surface area contributed by atoms with Crippen LogP contribution in [-0.2, 0) is 6.54 Å². The summed E-state index contributed by atoms with van der Waals surface area (Å²) in [5.41, 5.74) is 1.34. The first-order valence-electron chi connectivity index (χ1n) is 4.45. The Labute approximate surface area is 85.8 Å². The van der Waals surface area contributed by atoms with Gasteiger partial charge in [-0.3, -0.25) is 4.90 Å². The molecular formula is C8H11N5O2. The molecule has 7 nitrogen and oxygen atoms in total. The predicted octanol–water partition coefficient (Wildman–Crippen LogP) is -0.448. The molecule has 1 aromatic rings. The smallest absolute Gasteiger partial charge is 0.324 e. The Hall–Kier alpha value is -1.89. The van der Waals surface area contributed by atoms with Crippen molar-refractivity contribution in [2.75, 3.05) is 0 Å². The standard InChI is InChI=1S/C8H11N5O2/c1-5-3-13(8(15)10-7(5)14)4-6-2-9-12-11-6/h2-3,7,14H,4H2,1H3,(H,10,15)(H,9,11,12). The Morgan fingerprint density at radius 3 is 3.13 bits per heavy atom. The molecule has 2 amide bonds. The highest BCUT2D eigenvalue weighted by Crippen LogP contribution is 2.11. The number of aromatic amines is 1. The van der Waals surface area contributed by atoms with Gasteiger partial charge in [-0.1, -0.05) is 0 Å². The summed E-state index contributed by atoms with van der Waals surface area (Å²) in [6.45, 7) is 2.06. The van der Waals surface area contributed by atoms with Crippen molar-refractivity contribution < 1.29 is 9.90 Å². The van der Waals surface area contributed by atoms with Crippen LogP contribution in [0.2, 0.25) is 0 Å². The number of carbonyl (C=O) groups excluding carboxylic acids is 1. The molecule has 0 spiro atoms. The number of urea groups is 1. The number of aromatic nitrogens is 3. The van der Waals surface area contributed by atoms with Crippen LogP contribution < -0.4 is 5.32 Å². The molecule has 1 atom stereocenters. The first-order valence-corrected chi connectivity index (χ1v) is 4.45. The van der Waals surface area contributed by atoms with Gasteiger partial charge in [0.2, 0.25) is 0 Å². The number of rotatable bonds is 2. The molecule has 0 saturated carbocycles. The molecule has 0 aromatic carbocycles. The average molecular weight is 209 g/mol. The minimum atomic E-state index is -0.897. The number of H-pyrrole nitrogens is 1. The minimum absolute atomic E-state index is 0.326. The number of aliphatic hydroxyl groups is 1. The molecule has 1 aliphatic heterocycles. The van der Waals surface area contributed by atoms with E-state index in [2.05, 4.69) is 20.7 Å². The highest BCUT2D eigenvalue weighted by atomic mass is 16.3. The summed E-state index contributed by atoms with van der Waals surface area (Å²) in [4.78, 5) is 12.9. The summed E-state index contributed by atoms with van der Waals surface area (Å²) in [7, 11) is 0. The molecule has 1 unspecified atom stereocenters. The van der Waals surface area contributed by atoms with Crippen molar-refractivity contribution in [2.45, 2.75) is 19.7 Å². The fourth-order valence-corrected chi connectivity index (χ4v) is 1.28. The maximum absolute atomic E-state index is 11.4. The fraction of sp³-hybridized carbons (Fsp3) is 0.375. The number of aliphatic hydroxyl groups excluding tert-OH is 1. The number of amides is 2. The zero-order valence-electron chi connectivity index (χ0n) is 8.14. The molecule has 0 saturated heterocycles. The van der Waals surface area contributed by atoms with Gasteiger partial charge >= 0.3 is 6.03 Å². The largest absolute Gasteiger partial charge is 0.370 e. The molecule has 1 aromatic heterocycles. The normalized spacial score (nSPS) is 21.2. The van der Waals surface area contributed by atoms with Crippen LogP contribution in [0, 0.1) is 0 Å². The third kappa shape index (κ3) is 1.96. The van der Waals surface area contributed by atoms with Gasteiger partial charge in [-0.2, -0.15) is 15.4 Å². The van der Waals surface area contributed by atoms with Crippen LogP contribution in [0.4, 0.5) is 4.79 Å². The van der Waals surface area contributed by atoms with E-state index in [0.717, 1.165) is 0 Å². The summed E-state index contributed by atoms with van der Waals surface area (Å²) in [6.07, 6.45) is 2.24. The van der Waals surface area contributed by atoms with Crippen molar-refractivity contribution >= 4 is 6.03 Å². The SMILES string of the molecule is CC1=CN(Cc2cn[nH]n2)C(=O)NC1O. The van der Waals surface area contributed by atoms with E-state index in [4.69, 9.17) is 0 Å². The van der Waals surface area contributed by atoms with Crippen LogP contribution in [0.15, 0.2) is 18.0 Å². The van der Waals surface area contributed by atoms with Crippen molar-refractivity contribution in [1.29, 1.82) is 0 Å². The number of nitrogens with zero attached hydrogens (tertiary/aromatic N) is 3. The van der Waals surface area contributed by atoms with Gasteiger partial charge < -0.3 is 10.4 Å². The lowest BCUT2D eigenvalue weighted by Crippen LogP contribution is -2.47. The topological polar surface area (TPSA) is 94.1 Å². The molecule has 0 fully saturated rings. The summed E-state index contributed by atoms with van der Waals surface area (Å²) in [5.74, 6) is 0. The van der Waals surface area contributed by atoms with E-state index >= 15 is 0 Å². The second-order valence-corrected chi connectivity index (χ2v) is 3.31. The van der Waals surface area contributed by atoms with E-state index in [9.17, 15) is 9.90 Å². The molecule has 7 heteroatoms. The fourth-order valence-electron chi connectivity index (χ4n) is 1.28. The van der Waals surface area contributed by atoms with Crippen LogP contribution in [0.25, 0.3) is 0 Å². The molecule has 0 bridgehead atoms. The van der Waals surface area contributed by atoms with Crippen molar-refractivity contribution in [3.63, 3.8) is 0 Å². The molecular weight excluding hydrogens is 198 g/mol. The predicted molar refractivity (Wildman–Crippen MR) is 50.2 cm³/mol. The molecule has 3 N–H and O–H groups in total. The summed E-state index contributed by atoms with van der Waals surface area (Å²) in [5, 5.41) is 21.7. The van der Waals surface area contributed by atoms with Crippen LogP contribution in [-0.4, -0.2) is 37.7 Å². The van der Waals surface area contributed by atoms with Crippen molar-refractivity contribution in [3.05, 3.63) is 23.7 Å². The summed E-state index contributed by atoms with van der Waals surface area (Å²) >= 11 is 0. The molecule has 0 radical (unpaired) electrons. The van der Waals surface area contributed by atoms with Crippen molar-refractivity contribution in [2.24, 2.45) is 0 Å². The highest BCUT2D eigenvalue weighted by Gasteiger charge is 2.22. The molecule has 80 valence electrons. The van der Waals surface area contributed by atoms with Gasteiger partial charge in [-0.05, 0) is 12.5 Å². The Morgan fingerprint density at radius 1 is 1.67 bits per heavy atom. The quantitative estimate of drug-likeness (QED) is 0.615. The van der Waals surface area contributed by atoms with Crippen LogP contribution in [0.1, 0.15) is 12.6 Å². The third-order valence-corrected chi connectivity index (χ3v) is 2.11. The molecule has 2 rings (SSSR count). The van der Waals surface area contributed by atoms with Crippen LogP contribution in [0.5, 0.6) is 0 Å². The van der Waals surface area contributed by atoms with E-state index in [1.54, 1.807) is 19.3 Å². The summed E-state index contributed by atoms with van der Waals surface area (Å²) < 4.78 is 0. The Morgan fingerprint density at radius 2 is 2.47 bits per heavy atom. The third-order valence-electron chi connectivity index (χ3n) is 2.11. The first kappa shape index (κ1) is 9.66. The van der Waals surface area contributed by atoms with Gasteiger partial charge in [0.05, 0.1) is 12.7 Å². The Bertz CT molecular complexity index is 386. The molecule has 2 heterocycles. The van der Waals surface area contributed by atoms with Crippen molar-refractivity contribution in [3.8, 4) is 0 Å². The lowest BCUT2D eigenvalue weighted by Gasteiger charge is -2.27. The van der Waals surface area contributed by atoms with Gasteiger partial charge in [0.1, 0.15) is 5.69 Å². The van der Waals surface area contributed by atoms with E-state index in [-0.39, 0.29) is 6.03 Å². The minimum Gasteiger partial charge on any atom is -0.370 e. The molecule has 15 heavy (non-hydrogen) atoms. The number of hydrogen-bond acceptors (Lipinski definition) is 4. The summed E-state index contributed by atoms with van der Waals surface area (Å²) in [6, 6.07) is -0.351. The molecule has 0 aliphatic carbocycles. The van der Waals surface area contributed by atoms with Gasteiger partial charge in [0.15, 0.2) is 6.23 Å². The highest BCUT2D eigenvalue weighted by molar-refractivity contribution is 5.77. The first-order chi connectivity index (χ1) is 7.16. The molecule has 1 aliphatic rings. The van der Waals surface area contributed by atoms with Gasteiger partial charge in [0.25, 0.3) is 0 Å². The zero-order valence-corrected chi connectivity index (χ0v) is 8.14. The monoisotopic (exact) mass is 209 g/mol. The van der Waals surface area contributed by atoms with Gasteiger partial charge in [0, 0.05) is 6.20 Å². The zero-order chi connectivity index (χ0) is 10.8. The van der Waals surface area contributed by atoms with Crippen LogP contribution in [0.3, 0.4) is 0 Å². The Kier molecular flexibility index (Phi) is 2.38. The second-order valence-electron chi connectivity index (χ2n) is 3.31. The lowest BCUT2D eigenvalue weighted by molar-refractivity contribution is 0.142. The number of nitrogens with one attached hydrogen (secondary N) is 2. The Balaban J connectivity index is 2.12. The van der Waals surface area contributed by atoms with E-state index in [1.807, 2.05) is 0 Å². The van der Waals surface area contributed by atoms with E-state index < -0.39 is 6.23 Å².